The highest BCUT2D eigenvalue weighted by Gasteiger charge is 2.68. The molecule has 8 nitrogen and oxygen atoms in total. The second-order valence-corrected chi connectivity index (χ2v) is 12.7. The Morgan fingerprint density at radius 1 is 0.881 bits per heavy atom. The van der Waals surface area contributed by atoms with Gasteiger partial charge in [-0.25, -0.2) is 9.80 Å². The van der Waals surface area contributed by atoms with Gasteiger partial charge in [-0.3, -0.25) is 19.2 Å². The maximum absolute atomic E-state index is 13.9. The van der Waals surface area contributed by atoms with Crippen molar-refractivity contribution in [2.24, 2.45) is 35.5 Å². The van der Waals surface area contributed by atoms with Crippen LogP contribution in [0.5, 0.6) is 5.75 Å². The van der Waals surface area contributed by atoms with E-state index in [1.165, 1.54) is 53.8 Å². The van der Waals surface area contributed by atoms with Crippen molar-refractivity contribution < 1.29 is 28.7 Å². The first-order valence-corrected chi connectivity index (χ1v) is 15.1. The predicted octanol–water partition coefficient (Wildman–Crippen LogP) is 5.57. The summed E-state index contributed by atoms with van der Waals surface area (Å²) in [5.74, 6) is -2.88. The summed E-state index contributed by atoms with van der Waals surface area (Å²) < 4.78 is 5.36. The number of rotatable bonds is 7. The number of Topliss-reactive ketones (excluding diaryl/α,β-unsaturated/α-hetero) is 1. The van der Waals surface area contributed by atoms with Crippen molar-refractivity contribution in [1.82, 2.24) is 10.0 Å². The minimum Gasteiger partial charge on any atom is -0.422 e. The van der Waals surface area contributed by atoms with Gasteiger partial charge in [0.05, 0.1) is 21.9 Å². The van der Waals surface area contributed by atoms with Crippen LogP contribution in [-0.2, 0) is 9.59 Å². The van der Waals surface area contributed by atoms with Crippen LogP contribution in [0.15, 0.2) is 72.1 Å². The third-order valence-corrected chi connectivity index (χ3v) is 10.3. The van der Waals surface area contributed by atoms with Crippen LogP contribution in [0.3, 0.4) is 0 Å². The Labute approximate surface area is 254 Å². The topological polar surface area (TPSA) is 101 Å². The van der Waals surface area contributed by atoms with Gasteiger partial charge in [-0.15, -0.1) is 11.3 Å². The predicted molar refractivity (Wildman–Crippen MR) is 154 cm³/mol. The number of hydrazine groups is 1. The van der Waals surface area contributed by atoms with Crippen LogP contribution in [0.2, 0.25) is 10.0 Å². The monoisotopic (exact) mass is 620 g/mol. The highest BCUT2D eigenvalue weighted by Crippen LogP contribution is 2.65. The van der Waals surface area contributed by atoms with Crippen LogP contribution in [0.4, 0.5) is 0 Å². The zero-order valence-electron chi connectivity index (χ0n) is 21.8. The smallest absolute Gasteiger partial charge is 0.353 e. The van der Waals surface area contributed by atoms with Gasteiger partial charge in [0.15, 0.2) is 5.78 Å². The van der Waals surface area contributed by atoms with E-state index in [0.717, 1.165) is 16.4 Å². The van der Waals surface area contributed by atoms with Crippen molar-refractivity contribution in [3.8, 4) is 5.75 Å². The summed E-state index contributed by atoms with van der Waals surface area (Å²) in [5, 5.41) is 3.93. The number of allylic oxidation sites excluding steroid dienone is 2. The number of ether oxygens (including phenoxy) is 1. The fourth-order valence-electron chi connectivity index (χ4n) is 6.68. The lowest BCUT2D eigenvalue weighted by molar-refractivity contribution is -0.154. The Bertz CT molecular complexity index is 1650. The molecular formula is C31H22Cl2N2O6S. The average Bonchev–Trinajstić information content (AvgIpc) is 3.56. The molecule has 8 rings (SSSR count). The molecule has 0 N–H and O–H groups in total. The van der Waals surface area contributed by atoms with E-state index in [2.05, 4.69) is 0 Å². The third kappa shape index (κ3) is 4.38. The molecule has 5 aliphatic rings. The van der Waals surface area contributed by atoms with Gasteiger partial charge in [-0.05, 0) is 84.0 Å². The summed E-state index contributed by atoms with van der Waals surface area (Å²) in [6, 6.07) is 13.5. The number of amides is 3. The Hall–Kier alpha value is -3.79. The minimum atomic E-state index is -0.728. The first-order valence-electron chi connectivity index (χ1n) is 13.4. The molecule has 4 aliphatic carbocycles. The van der Waals surface area contributed by atoms with Crippen LogP contribution >= 0.6 is 34.5 Å². The number of hydrogen-bond acceptors (Lipinski definition) is 7. The molecule has 3 fully saturated rings. The molecule has 2 heterocycles. The first kappa shape index (κ1) is 27.1. The van der Waals surface area contributed by atoms with E-state index in [0.29, 0.717) is 16.7 Å². The fraction of sp³-hybridized carbons (Fsp3) is 0.258. The number of esters is 1. The van der Waals surface area contributed by atoms with Crippen molar-refractivity contribution in [3.63, 3.8) is 0 Å². The number of carbonyl (C=O) groups excluding carboxylic acids is 5. The first-order chi connectivity index (χ1) is 20.2. The summed E-state index contributed by atoms with van der Waals surface area (Å²) in [5.41, 5.74) is 0.282. The largest absolute Gasteiger partial charge is 0.422 e. The van der Waals surface area contributed by atoms with Crippen LogP contribution in [0.25, 0.3) is 0 Å². The van der Waals surface area contributed by atoms with E-state index in [-0.39, 0.29) is 38.8 Å². The van der Waals surface area contributed by atoms with Crippen molar-refractivity contribution in [3.05, 3.63) is 98.2 Å². The maximum atomic E-state index is 13.9. The molecule has 212 valence electrons. The van der Waals surface area contributed by atoms with Crippen LogP contribution in [0.1, 0.15) is 36.8 Å². The number of benzene rings is 2. The molecule has 1 aliphatic heterocycles. The molecule has 2 bridgehead atoms. The van der Waals surface area contributed by atoms with Gasteiger partial charge in [0, 0.05) is 11.1 Å². The van der Waals surface area contributed by atoms with Gasteiger partial charge < -0.3 is 4.74 Å². The molecule has 1 aromatic heterocycles. The SMILES string of the molecule is O=C(CN(C(=O)c1ccc(Cl)c(Cl)c1)N1C(=O)[C@@H]2[C@H]3C=C[C@@H]([C@@H]4C[C@H]34)[C@H]2C1=O)c1ccc(OC(=O)c2cccs2)cc1. The second-order valence-electron chi connectivity index (χ2n) is 10.9. The Kier molecular flexibility index (Phi) is 6.56. The molecule has 2 saturated carbocycles. The van der Waals surface area contributed by atoms with E-state index in [1.807, 2.05) is 12.2 Å². The van der Waals surface area contributed by atoms with E-state index in [1.54, 1.807) is 17.5 Å². The molecule has 3 aromatic rings. The van der Waals surface area contributed by atoms with Crippen molar-refractivity contribution in [1.29, 1.82) is 0 Å². The van der Waals surface area contributed by atoms with Crippen molar-refractivity contribution >= 4 is 64.0 Å². The van der Waals surface area contributed by atoms with Gasteiger partial charge in [0.2, 0.25) is 0 Å². The lowest BCUT2D eigenvalue weighted by atomic mass is 9.63. The second kappa shape index (κ2) is 10.2. The quantitative estimate of drug-likeness (QED) is 0.113. The number of ketones is 1. The Morgan fingerprint density at radius 3 is 2.12 bits per heavy atom. The zero-order chi connectivity index (χ0) is 29.3. The van der Waals surface area contributed by atoms with E-state index in [9.17, 15) is 24.0 Å². The maximum Gasteiger partial charge on any atom is 0.353 e. The third-order valence-electron chi connectivity index (χ3n) is 8.68. The van der Waals surface area contributed by atoms with Crippen LogP contribution in [-0.4, -0.2) is 46.0 Å². The number of nitrogens with zero attached hydrogens (tertiary/aromatic N) is 2. The number of carbonyl (C=O) groups is 5. The number of halogens is 2. The van der Waals surface area contributed by atoms with Gasteiger partial charge >= 0.3 is 5.97 Å². The lowest BCUT2D eigenvalue weighted by Gasteiger charge is -2.37. The highest BCUT2D eigenvalue weighted by atomic mass is 35.5. The highest BCUT2D eigenvalue weighted by molar-refractivity contribution is 7.12. The van der Waals surface area contributed by atoms with E-state index < -0.39 is 47.9 Å². The fourth-order valence-corrected chi connectivity index (χ4v) is 7.58. The van der Waals surface area contributed by atoms with Crippen LogP contribution in [0, 0.1) is 35.5 Å². The Balaban J connectivity index is 1.17. The number of imide groups is 1. The Morgan fingerprint density at radius 2 is 1.52 bits per heavy atom. The summed E-state index contributed by atoms with van der Waals surface area (Å²) in [4.78, 5) is 67.7. The average molecular weight is 621 g/mol. The molecule has 1 saturated heterocycles. The standard InChI is InChI=1S/C31H22Cl2N2O6S/c32-22-10-5-16(12-23(22)33)28(37)34(35-29(38)26-18-8-9-19(21-13-20(18)21)27(26)30(35)39)14-24(36)15-3-6-17(7-4-15)41-31(40)25-2-1-11-42-25/h1-12,18-21,26-27H,13-14H2/t18-,19-,20-,21+,26+,27+/m0/s1. The van der Waals surface area contributed by atoms with Gasteiger partial charge in [0.25, 0.3) is 17.7 Å². The molecule has 11 heteroatoms. The van der Waals surface area contributed by atoms with E-state index in [4.69, 9.17) is 27.9 Å². The van der Waals surface area contributed by atoms with E-state index >= 15 is 0 Å². The normalized spacial score (nSPS) is 26.6. The molecule has 0 unspecified atom stereocenters. The van der Waals surface area contributed by atoms with Crippen LogP contribution < -0.4 is 4.74 Å². The summed E-state index contributed by atoms with van der Waals surface area (Å²) >= 11 is 13.5. The molecule has 2 aromatic carbocycles. The molecule has 0 spiro atoms. The molecule has 0 radical (unpaired) electrons. The number of thiophene rings is 1. The molecule has 42 heavy (non-hydrogen) atoms. The summed E-state index contributed by atoms with van der Waals surface area (Å²) in [7, 11) is 0. The van der Waals surface area contributed by atoms with Crippen molar-refractivity contribution in [2.75, 3.05) is 6.54 Å². The summed E-state index contributed by atoms with van der Waals surface area (Å²) in [6.07, 6.45) is 5.08. The van der Waals surface area contributed by atoms with Gasteiger partial charge in [-0.2, -0.15) is 5.01 Å². The molecule has 3 amide bonds. The number of hydrogen-bond donors (Lipinski definition) is 0. The van der Waals surface area contributed by atoms with Gasteiger partial charge in [-0.1, -0.05) is 41.4 Å². The zero-order valence-corrected chi connectivity index (χ0v) is 24.1. The molecular weight excluding hydrogens is 599 g/mol. The van der Waals surface area contributed by atoms with Gasteiger partial charge in [0.1, 0.15) is 17.2 Å². The minimum absolute atomic E-state index is 0.0477. The summed E-state index contributed by atoms with van der Waals surface area (Å²) in [6.45, 7) is -0.569. The lowest BCUT2D eigenvalue weighted by Crippen LogP contribution is -2.52. The molecule has 6 atom stereocenters. The van der Waals surface area contributed by atoms with Crippen molar-refractivity contribution in [2.45, 2.75) is 6.42 Å².